The lowest BCUT2D eigenvalue weighted by Gasteiger charge is -2.36. The van der Waals surface area contributed by atoms with Crippen LogP contribution in [0.2, 0.25) is 10.0 Å². The molecule has 0 bridgehead atoms. The Morgan fingerprint density at radius 3 is 1.22 bits per heavy atom. The van der Waals surface area contributed by atoms with Crippen LogP contribution in [0.25, 0.3) is 44.3 Å². The Hall–Kier alpha value is -5.92. The highest BCUT2D eigenvalue weighted by atomic mass is 35.5. The molecule has 2 aliphatic rings. The molecular formula is C46H54Cl2N14O3. The quantitative estimate of drug-likeness (QED) is 0.0505. The van der Waals surface area contributed by atoms with Gasteiger partial charge in [-0.3, -0.25) is 9.80 Å². The number of guanidine groups is 2. The van der Waals surface area contributed by atoms with E-state index in [9.17, 15) is 0 Å². The Bertz CT molecular complexity index is 2420. The molecule has 0 amide bonds. The lowest BCUT2D eigenvalue weighted by atomic mass is 10.1. The van der Waals surface area contributed by atoms with Gasteiger partial charge in [0.05, 0.1) is 62.1 Å². The molecule has 8 rings (SSSR count). The van der Waals surface area contributed by atoms with Crippen molar-refractivity contribution < 1.29 is 14.2 Å². The summed E-state index contributed by atoms with van der Waals surface area (Å²) in [5.41, 5.74) is 29.5. The molecule has 8 N–H and O–H groups in total. The molecule has 0 saturated carbocycles. The van der Waals surface area contributed by atoms with Gasteiger partial charge in [0.15, 0.2) is 11.9 Å². The maximum atomic E-state index is 6.32. The van der Waals surface area contributed by atoms with Crippen LogP contribution >= 0.6 is 23.2 Å². The minimum atomic E-state index is -0.0997. The normalized spacial score (nSPS) is 14.9. The van der Waals surface area contributed by atoms with Gasteiger partial charge in [-0.15, -0.1) is 0 Å². The van der Waals surface area contributed by atoms with Crippen molar-refractivity contribution in [1.82, 2.24) is 29.7 Å². The lowest BCUT2D eigenvalue weighted by molar-refractivity contribution is 0.00677. The first-order chi connectivity index (χ1) is 31.6. The molecule has 65 heavy (non-hydrogen) atoms. The number of aliphatic imine (C=N–C) groups is 2. The van der Waals surface area contributed by atoms with Gasteiger partial charge in [-0.1, -0.05) is 47.5 Å². The molecule has 2 saturated heterocycles. The zero-order valence-electron chi connectivity index (χ0n) is 36.2. The number of fused-ring (bicyclic) bond motifs is 2. The molecule has 19 heteroatoms. The molecule has 2 fully saturated rings. The second-order valence-electron chi connectivity index (χ2n) is 15.7. The average Bonchev–Trinajstić information content (AvgIpc) is 3.30. The van der Waals surface area contributed by atoms with Crippen molar-refractivity contribution in [3.8, 4) is 22.5 Å². The van der Waals surface area contributed by atoms with E-state index >= 15 is 0 Å². The minimum absolute atomic E-state index is 0.0997. The van der Waals surface area contributed by atoms with Gasteiger partial charge in [0.1, 0.15) is 0 Å². The molecule has 4 heterocycles. The van der Waals surface area contributed by atoms with Crippen LogP contribution in [-0.4, -0.2) is 147 Å². The first-order valence-corrected chi connectivity index (χ1v) is 22.4. The van der Waals surface area contributed by atoms with Crippen molar-refractivity contribution in [3.05, 3.63) is 95.0 Å². The number of piperazine rings is 2. The highest BCUT2D eigenvalue weighted by molar-refractivity contribution is 6.31. The van der Waals surface area contributed by atoms with E-state index in [0.29, 0.717) is 60.7 Å². The molecular weight excluding hydrogens is 868 g/mol. The zero-order chi connectivity index (χ0) is 45.1. The van der Waals surface area contributed by atoms with Gasteiger partial charge in [0.2, 0.25) is 0 Å². The molecule has 2 aliphatic heterocycles. The van der Waals surface area contributed by atoms with Gasteiger partial charge in [-0.05, 0) is 60.7 Å². The smallest absolute Gasteiger partial charge is 0.253 e. The summed E-state index contributed by atoms with van der Waals surface area (Å²) in [6.07, 6.45) is 0. The van der Waals surface area contributed by atoms with E-state index in [-0.39, 0.29) is 23.8 Å². The van der Waals surface area contributed by atoms with Crippen molar-refractivity contribution in [2.45, 2.75) is 0 Å². The Kier molecular flexibility index (Phi) is 15.3. The van der Waals surface area contributed by atoms with Gasteiger partial charge in [0, 0.05) is 109 Å². The second-order valence-corrected chi connectivity index (χ2v) is 16.6. The molecule has 0 atom stereocenters. The Labute approximate surface area is 388 Å². The molecule has 0 spiro atoms. The molecule has 0 aliphatic carbocycles. The van der Waals surface area contributed by atoms with Crippen LogP contribution in [0.15, 0.2) is 94.9 Å². The van der Waals surface area contributed by atoms with Crippen LogP contribution < -0.4 is 32.7 Å². The third kappa shape index (κ3) is 12.3. The largest absolute Gasteiger partial charge is 0.378 e. The molecule has 0 unspecified atom stereocenters. The van der Waals surface area contributed by atoms with E-state index in [0.717, 1.165) is 110 Å². The number of hydrogen-bond donors (Lipinski definition) is 4. The molecule has 4 aromatic carbocycles. The summed E-state index contributed by atoms with van der Waals surface area (Å²) in [4.78, 5) is 36.0. The number of aromatic nitrogens is 4. The highest BCUT2D eigenvalue weighted by Crippen LogP contribution is 2.33. The number of ether oxygens (including phenoxy) is 3. The summed E-state index contributed by atoms with van der Waals surface area (Å²) in [5.74, 6) is 0.211. The van der Waals surface area contributed by atoms with Crippen LogP contribution in [0.1, 0.15) is 0 Å². The SMILES string of the molecule is NC(N)=Nc1nc(-c2ccc(N3CCN(CCOCCOCCOCCN4CCN(c5ccc(-c6nc(N=C(N)N)nc7ccc(Cl)cc67)cc5)CC4)CC3)cc2)c2cc(Cl)ccc2n1. The number of benzene rings is 4. The zero-order valence-corrected chi connectivity index (χ0v) is 37.7. The van der Waals surface area contributed by atoms with Gasteiger partial charge in [-0.2, -0.15) is 9.98 Å². The van der Waals surface area contributed by atoms with Crippen molar-refractivity contribution in [2.24, 2.45) is 32.9 Å². The second kappa shape index (κ2) is 21.8. The van der Waals surface area contributed by atoms with Crippen LogP contribution in [0.4, 0.5) is 23.3 Å². The number of halogens is 2. The van der Waals surface area contributed by atoms with E-state index < -0.39 is 0 Å². The average molecular weight is 922 g/mol. The van der Waals surface area contributed by atoms with Gasteiger partial charge in [-0.25, -0.2) is 19.9 Å². The minimum Gasteiger partial charge on any atom is -0.378 e. The van der Waals surface area contributed by atoms with E-state index in [1.807, 2.05) is 24.3 Å². The lowest BCUT2D eigenvalue weighted by Crippen LogP contribution is -2.47. The fourth-order valence-electron chi connectivity index (χ4n) is 8.00. The van der Waals surface area contributed by atoms with Crippen molar-refractivity contribution in [3.63, 3.8) is 0 Å². The van der Waals surface area contributed by atoms with Crippen molar-refractivity contribution in [2.75, 3.05) is 115 Å². The van der Waals surface area contributed by atoms with Gasteiger partial charge in [0.25, 0.3) is 11.9 Å². The van der Waals surface area contributed by atoms with E-state index in [4.69, 9.17) is 60.3 Å². The Morgan fingerprint density at radius 1 is 0.477 bits per heavy atom. The summed E-state index contributed by atoms with van der Waals surface area (Å²) in [6.45, 7) is 12.9. The standard InChI is InChI=1S/C46H54Cl2N14O3/c47-33-5-11-39-37(29-33)41(55-45(53-39)57-43(49)50)31-1-7-35(8-2-31)61-17-13-59(14-18-61)21-23-63-25-27-65-28-26-64-24-22-60-15-19-62(20-16-60)36-9-3-32(4-10-36)42-38-30-34(48)6-12-40(38)54-46(56-42)58-44(51)52/h1-12,29-30H,13-28H2,(H4,49,50,53,55,57)(H4,51,52,54,56,58). The first-order valence-electron chi connectivity index (χ1n) is 21.7. The van der Waals surface area contributed by atoms with Crippen LogP contribution in [0, 0.1) is 0 Å². The number of rotatable bonds is 18. The number of hydrogen-bond acceptors (Lipinski definition) is 13. The van der Waals surface area contributed by atoms with Crippen molar-refractivity contribution in [1.29, 1.82) is 0 Å². The van der Waals surface area contributed by atoms with Gasteiger partial charge < -0.3 is 46.9 Å². The predicted molar refractivity (Wildman–Crippen MR) is 261 cm³/mol. The summed E-state index contributed by atoms with van der Waals surface area (Å²) in [5, 5.41) is 2.87. The molecule has 17 nitrogen and oxygen atoms in total. The van der Waals surface area contributed by atoms with E-state index in [1.165, 1.54) is 0 Å². The van der Waals surface area contributed by atoms with Crippen LogP contribution in [0.3, 0.4) is 0 Å². The Balaban J connectivity index is 0.670. The van der Waals surface area contributed by atoms with E-state index in [1.54, 1.807) is 12.1 Å². The van der Waals surface area contributed by atoms with Crippen molar-refractivity contribution >= 4 is 80.2 Å². The summed E-state index contributed by atoms with van der Waals surface area (Å²) in [6, 6.07) is 27.7. The van der Waals surface area contributed by atoms with E-state index in [2.05, 4.69) is 98.1 Å². The molecule has 0 radical (unpaired) electrons. The molecule has 6 aromatic rings. The highest BCUT2D eigenvalue weighted by Gasteiger charge is 2.20. The van der Waals surface area contributed by atoms with Crippen LogP contribution in [0.5, 0.6) is 0 Å². The molecule has 340 valence electrons. The maximum absolute atomic E-state index is 6.32. The monoisotopic (exact) mass is 920 g/mol. The first kappa shape index (κ1) is 45.6. The summed E-state index contributed by atoms with van der Waals surface area (Å²) >= 11 is 12.6. The number of anilines is 2. The maximum Gasteiger partial charge on any atom is 0.253 e. The number of nitrogens with zero attached hydrogens (tertiary/aromatic N) is 10. The third-order valence-electron chi connectivity index (χ3n) is 11.4. The van der Waals surface area contributed by atoms with Gasteiger partial charge >= 0.3 is 0 Å². The molecule has 2 aromatic heterocycles. The fraction of sp³-hybridized carbons (Fsp3) is 0.348. The summed E-state index contributed by atoms with van der Waals surface area (Å²) in [7, 11) is 0. The Morgan fingerprint density at radius 2 is 0.846 bits per heavy atom. The summed E-state index contributed by atoms with van der Waals surface area (Å²) < 4.78 is 17.5. The predicted octanol–water partition coefficient (Wildman–Crippen LogP) is 5.02. The third-order valence-corrected chi connectivity index (χ3v) is 11.8. The topological polar surface area (TPSA) is 221 Å². The fourth-order valence-corrected chi connectivity index (χ4v) is 8.34. The van der Waals surface area contributed by atoms with Crippen LogP contribution in [-0.2, 0) is 14.2 Å². The number of nitrogens with two attached hydrogens (primary N) is 4.